The van der Waals surface area contributed by atoms with Crippen molar-refractivity contribution in [2.75, 3.05) is 31.6 Å². The molecule has 3 heterocycles. The van der Waals surface area contributed by atoms with Crippen molar-refractivity contribution >= 4 is 17.5 Å². The van der Waals surface area contributed by atoms with Gasteiger partial charge in [0, 0.05) is 55.3 Å². The van der Waals surface area contributed by atoms with Gasteiger partial charge in [-0.2, -0.15) is 5.10 Å². The molecule has 0 aliphatic carbocycles. The van der Waals surface area contributed by atoms with E-state index in [0.717, 1.165) is 41.0 Å². The number of piperidine rings is 1. The molecule has 0 saturated carbocycles. The molecule has 2 amide bonds. The molecule has 2 aliphatic heterocycles. The summed E-state index contributed by atoms with van der Waals surface area (Å²) in [5.74, 6) is 0.933. The van der Waals surface area contributed by atoms with Gasteiger partial charge in [-0.1, -0.05) is 24.3 Å². The van der Waals surface area contributed by atoms with Gasteiger partial charge in [0.15, 0.2) is 0 Å². The number of nitrogens with one attached hydrogen (secondary N) is 1. The molecule has 1 unspecified atom stereocenters. The van der Waals surface area contributed by atoms with E-state index in [0.29, 0.717) is 26.1 Å². The van der Waals surface area contributed by atoms with Crippen molar-refractivity contribution in [3.05, 3.63) is 66.5 Å². The lowest BCUT2D eigenvalue weighted by atomic mass is 9.68. The maximum atomic E-state index is 13.9. The molecule has 1 N–H and O–H groups in total. The van der Waals surface area contributed by atoms with Gasteiger partial charge in [-0.15, -0.1) is 0 Å². The second-order valence-electron chi connectivity index (χ2n) is 9.43. The Bertz CT molecular complexity index is 1160. The van der Waals surface area contributed by atoms with E-state index in [1.807, 2.05) is 58.5 Å². The van der Waals surface area contributed by atoms with Gasteiger partial charge in [-0.25, -0.2) is 0 Å². The molecule has 34 heavy (non-hydrogen) atoms. The Morgan fingerprint density at radius 1 is 1.15 bits per heavy atom. The summed E-state index contributed by atoms with van der Waals surface area (Å²) >= 11 is 0. The number of aromatic nitrogens is 2. The summed E-state index contributed by atoms with van der Waals surface area (Å²) in [5.41, 5.74) is 3.93. The molecule has 2 aliphatic rings. The van der Waals surface area contributed by atoms with E-state index in [1.165, 1.54) is 0 Å². The number of nitrogens with zero attached hydrogens (tertiary/aromatic N) is 3. The normalized spacial score (nSPS) is 19.6. The average molecular weight is 459 g/mol. The molecule has 1 spiro atoms. The summed E-state index contributed by atoms with van der Waals surface area (Å²) in [4.78, 5) is 29.7. The van der Waals surface area contributed by atoms with Crippen molar-refractivity contribution in [1.82, 2.24) is 15.1 Å². The summed E-state index contributed by atoms with van der Waals surface area (Å²) in [6, 6.07) is 16.1. The Morgan fingerprint density at radius 3 is 2.56 bits per heavy atom. The van der Waals surface area contributed by atoms with Crippen molar-refractivity contribution in [2.45, 2.75) is 26.2 Å². The number of carbonyl (C=O) groups is 2. The van der Waals surface area contributed by atoms with Crippen LogP contribution < -0.4 is 9.64 Å². The van der Waals surface area contributed by atoms with E-state index in [2.05, 4.69) is 16.3 Å². The van der Waals surface area contributed by atoms with Crippen LogP contribution in [0.2, 0.25) is 0 Å². The number of aromatic amines is 1. The van der Waals surface area contributed by atoms with Crippen LogP contribution in [0.1, 0.15) is 25.3 Å². The predicted octanol–water partition coefficient (Wildman–Crippen LogP) is 3.92. The highest BCUT2D eigenvalue weighted by molar-refractivity contribution is 5.98. The van der Waals surface area contributed by atoms with Crippen LogP contribution in [0.15, 0.2) is 60.9 Å². The zero-order chi connectivity index (χ0) is 23.7. The van der Waals surface area contributed by atoms with Gasteiger partial charge >= 0.3 is 0 Å². The van der Waals surface area contributed by atoms with Crippen LogP contribution in [0.3, 0.4) is 0 Å². The van der Waals surface area contributed by atoms with Crippen molar-refractivity contribution in [3.63, 3.8) is 0 Å². The first kappa shape index (κ1) is 22.2. The molecular formula is C27H30N4O3. The quantitative estimate of drug-likeness (QED) is 0.629. The fourth-order valence-electron chi connectivity index (χ4n) is 5.53. The number of ether oxygens (including phenoxy) is 1. The number of carbonyl (C=O) groups excluding carboxylic acids is 2. The molecule has 2 saturated heterocycles. The van der Waals surface area contributed by atoms with E-state index in [9.17, 15) is 9.59 Å². The first-order valence-electron chi connectivity index (χ1n) is 11.8. The molecule has 7 heteroatoms. The smallest absolute Gasteiger partial charge is 0.231 e. The van der Waals surface area contributed by atoms with Crippen LogP contribution in [0.25, 0.3) is 11.1 Å². The number of H-pyrrole nitrogens is 1. The topological polar surface area (TPSA) is 78.5 Å². The molecule has 2 aromatic carbocycles. The third-order valence-electron chi connectivity index (χ3n) is 7.57. The molecule has 0 radical (unpaired) electrons. The van der Waals surface area contributed by atoms with Gasteiger partial charge in [-0.3, -0.25) is 14.7 Å². The Balaban J connectivity index is 1.44. The van der Waals surface area contributed by atoms with Crippen LogP contribution >= 0.6 is 0 Å². The Hall–Kier alpha value is -3.61. The summed E-state index contributed by atoms with van der Waals surface area (Å²) in [6.07, 6.45) is 5.97. The SMILES string of the molecule is COc1cccc(CC2C(=O)N(c3ccc(-c4cn[nH]c4)cc3)CC23CCN(C(C)=O)CC3)c1. The average Bonchev–Trinajstić information content (AvgIpc) is 3.49. The zero-order valence-corrected chi connectivity index (χ0v) is 19.7. The lowest BCUT2D eigenvalue weighted by Crippen LogP contribution is -2.46. The molecule has 7 nitrogen and oxygen atoms in total. The highest BCUT2D eigenvalue weighted by Crippen LogP contribution is 2.48. The van der Waals surface area contributed by atoms with E-state index in [1.54, 1.807) is 20.2 Å². The number of benzene rings is 2. The molecule has 0 bridgehead atoms. The van der Waals surface area contributed by atoms with Crippen molar-refractivity contribution in [2.24, 2.45) is 11.3 Å². The van der Waals surface area contributed by atoms with Gasteiger partial charge in [-0.05, 0) is 54.7 Å². The Labute approximate surface area is 199 Å². The van der Waals surface area contributed by atoms with Crippen molar-refractivity contribution in [1.29, 1.82) is 0 Å². The Kier molecular flexibility index (Phi) is 5.86. The number of rotatable bonds is 5. The fraction of sp³-hybridized carbons (Fsp3) is 0.370. The molecule has 1 aromatic heterocycles. The first-order valence-corrected chi connectivity index (χ1v) is 11.8. The van der Waals surface area contributed by atoms with Crippen LogP contribution in [-0.4, -0.2) is 53.7 Å². The van der Waals surface area contributed by atoms with Gasteiger partial charge in [0.25, 0.3) is 0 Å². The highest BCUT2D eigenvalue weighted by Gasteiger charge is 2.53. The van der Waals surface area contributed by atoms with Crippen molar-refractivity contribution < 1.29 is 14.3 Å². The number of amides is 2. The van der Waals surface area contributed by atoms with E-state index in [4.69, 9.17) is 4.74 Å². The van der Waals surface area contributed by atoms with Gasteiger partial charge in [0.05, 0.1) is 13.3 Å². The van der Waals surface area contributed by atoms with Crippen LogP contribution in [0.5, 0.6) is 5.75 Å². The Morgan fingerprint density at radius 2 is 1.91 bits per heavy atom. The minimum absolute atomic E-state index is 0.107. The number of hydrogen-bond donors (Lipinski definition) is 1. The van der Waals surface area contributed by atoms with E-state index < -0.39 is 0 Å². The minimum atomic E-state index is -0.157. The van der Waals surface area contributed by atoms with Crippen LogP contribution in [0, 0.1) is 11.3 Å². The number of methoxy groups -OCH3 is 1. The third kappa shape index (κ3) is 4.06. The summed E-state index contributed by atoms with van der Waals surface area (Å²) in [7, 11) is 1.66. The van der Waals surface area contributed by atoms with Gasteiger partial charge in [0.1, 0.15) is 5.75 Å². The second kappa shape index (κ2) is 8.97. The number of hydrogen-bond acceptors (Lipinski definition) is 4. The maximum Gasteiger partial charge on any atom is 0.231 e. The monoisotopic (exact) mass is 458 g/mol. The second-order valence-corrected chi connectivity index (χ2v) is 9.43. The van der Waals surface area contributed by atoms with E-state index in [-0.39, 0.29) is 23.1 Å². The summed E-state index contributed by atoms with van der Waals surface area (Å²) < 4.78 is 5.41. The predicted molar refractivity (Wildman–Crippen MR) is 130 cm³/mol. The number of likely N-dealkylation sites (tertiary alicyclic amines) is 1. The third-order valence-corrected chi connectivity index (χ3v) is 7.57. The number of anilines is 1. The minimum Gasteiger partial charge on any atom is -0.497 e. The van der Waals surface area contributed by atoms with Gasteiger partial charge < -0.3 is 14.5 Å². The first-order chi connectivity index (χ1) is 16.5. The largest absolute Gasteiger partial charge is 0.497 e. The van der Waals surface area contributed by atoms with Crippen molar-refractivity contribution in [3.8, 4) is 16.9 Å². The lowest BCUT2D eigenvalue weighted by molar-refractivity contribution is -0.131. The zero-order valence-electron chi connectivity index (χ0n) is 19.7. The molecule has 1 atom stereocenters. The lowest BCUT2D eigenvalue weighted by Gasteiger charge is -2.41. The van der Waals surface area contributed by atoms with Crippen LogP contribution in [-0.2, 0) is 16.0 Å². The fourth-order valence-corrected chi connectivity index (χ4v) is 5.53. The molecule has 3 aromatic rings. The van der Waals surface area contributed by atoms with Gasteiger partial charge in [0.2, 0.25) is 11.8 Å². The summed E-state index contributed by atoms with van der Waals surface area (Å²) in [6.45, 7) is 3.70. The molecule has 176 valence electrons. The molecular weight excluding hydrogens is 428 g/mol. The van der Waals surface area contributed by atoms with E-state index >= 15 is 0 Å². The van der Waals surface area contributed by atoms with Crippen LogP contribution in [0.4, 0.5) is 5.69 Å². The molecule has 2 fully saturated rings. The highest BCUT2D eigenvalue weighted by atomic mass is 16.5. The maximum absolute atomic E-state index is 13.9. The standard InChI is InChI=1S/C27H30N4O3/c1-19(32)30-12-10-27(11-13-30)18-31(23-8-6-21(7-9-23)22-16-28-29-17-22)26(33)25(27)15-20-4-3-5-24(14-20)34-2/h3-9,14,16-17,25H,10-13,15,18H2,1-2H3,(H,28,29). The molecule has 5 rings (SSSR count). The summed E-state index contributed by atoms with van der Waals surface area (Å²) in [5, 5.41) is 6.86.